The van der Waals surface area contributed by atoms with Crippen molar-refractivity contribution in [1.82, 2.24) is 15.3 Å². The number of carbonyl (C=O) groups is 1. The molecule has 128 valence electrons. The number of amides is 1. The first-order valence-electron chi connectivity index (χ1n) is 7.92. The number of ether oxygens (including phenoxy) is 2. The maximum absolute atomic E-state index is 12.1. The van der Waals surface area contributed by atoms with Gasteiger partial charge in [0.1, 0.15) is 17.2 Å². The fourth-order valence-electron chi connectivity index (χ4n) is 2.29. The van der Waals surface area contributed by atoms with Crippen LogP contribution in [-0.4, -0.2) is 29.5 Å². The van der Waals surface area contributed by atoms with Gasteiger partial charge in [0.2, 0.25) is 0 Å². The van der Waals surface area contributed by atoms with Gasteiger partial charge in [0.25, 0.3) is 5.91 Å². The number of aromatic nitrogens is 2. The van der Waals surface area contributed by atoms with Crippen LogP contribution in [0.3, 0.4) is 0 Å². The molecule has 1 heterocycles. The zero-order valence-corrected chi connectivity index (χ0v) is 13.9. The molecule has 3 aromatic rings. The number of hydrogen-bond donors (Lipinski definition) is 2. The van der Waals surface area contributed by atoms with Gasteiger partial charge in [-0.25, -0.2) is 4.98 Å². The van der Waals surface area contributed by atoms with E-state index < -0.39 is 0 Å². The third-order valence-electron chi connectivity index (χ3n) is 3.65. The predicted octanol–water partition coefficient (Wildman–Crippen LogP) is 3.18. The summed E-state index contributed by atoms with van der Waals surface area (Å²) in [4.78, 5) is 19.1. The van der Waals surface area contributed by atoms with Crippen molar-refractivity contribution >= 4 is 5.91 Å². The van der Waals surface area contributed by atoms with Crippen LogP contribution in [0, 0.1) is 0 Å². The van der Waals surface area contributed by atoms with E-state index in [-0.39, 0.29) is 5.91 Å². The first-order chi connectivity index (χ1) is 12.2. The quantitative estimate of drug-likeness (QED) is 0.694. The van der Waals surface area contributed by atoms with Gasteiger partial charge in [-0.3, -0.25) is 4.79 Å². The van der Waals surface area contributed by atoms with Crippen LogP contribution in [0.2, 0.25) is 0 Å². The number of H-pyrrole nitrogens is 1. The Morgan fingerprint density at radius 1 is 1.04 bits per heavy atom. The fraction of sp³-hybridized carbons (Fsp3) is 0.158. The van der Waals surface area contributed by atoms with E-state index in [1.165, 1.54) is 0 Å². The van der Waals surface area contributed by atoms with Crippen LogP contribution in [0.25, 0.3) is 0 Å². The molecule has 0 radical (unpaired) electrons. The number of benzene rings is 2. The average Bonchev–Trinajstić information content (AvgIpc) is 3.16. The van der Waals surface area contributed by atoms with E-state index in [0.717, 1.165) is 11.4 Å². The van der Waals surface area contributed by atoms with Crippen molar-refractivity contribution in [2.24, 2.45) is 0 Å². The molecule has 0 bridgehead atoms. The molecule has 0 saturated carbocycles. The summed E-state index contributed by atoms with van der Waals surface area (Å²) in [5, 5.41) is 2.88. The summed E-state index contributed by atoms with van der Waals surface area (Å²) < 4.78 is 10.9. The summed E-state index contributed by atoms with van der Waals surface area (Å²) in [5.41, 5.74) is 1.58. The Bertz CT molecular complexity index is 797. The number of rotatable bonds is 7. The Morgan fingerprint density at radius 2 is 1.68 bits per heavy atom. The molecule has 6 heteroatoms. The second-order valence-electron chi connectivity index (χ2n) is 5.38. The number of aromatic amines is 1. The lowest BCUT2D eigenvalue weighted by atomic mass is 10.2. The summed E-state index contributed by atoms with van der Waals surface area (Å²) in [6.07, 6.45) is 4.08. The summed E-state index contributed by atoms with van der Waals surface area (Å²) in [6, 6.07) is 14.3. The molecule has 1 amide bonds. The highest BCUT2D eigenvalue weighted by Crippen LogP contribution is 2.23. The van der Waals surface area contributed by atoms with Gasteiger partial charge in [0, 0.05) is 30.4 Å². The van der Waals surface area contributed by atoms with Crippen LogP contribution < -0.4 is 14.8 Å². The van der Waals surface area contributed by atoms with E-state index in [1.807, 2.05) is 24.3 Å². The molecule has 0 fully saturated rings. The molecule has 0 atom stereocenters. The molecule has 0 aliphatic rings. The van der Waals surface area contributed by atoms with Crippen molar-refractivity contribution in [3.05, 3.63) is 72.3 Å². The second kappa shape index (κ2) is 8.01. The summed E-state index contributed by atoms with van der Waals surface area (Å²) in [6.45, 7) is 0.547. The van der Waals surface area contributed by atoms with Crippen molar-refractivity contribution in [2.75, 3.05) is 13.7 Å². The number of carbonyl (C=O) groups excluding carboxylic acids is 1. The Kier molecular flexibility index (Phi) is 5.31. The molecule has 2 N–H and O–H groups in total. The predicted molar refractivity (Wildman–Crippen MR) is 94.1 cm³/mol. The highest BCUT2D eigenvalue weighted by molar-refractivity contribution is 5.94. The van der Waals surface area contributed by atoms with E-state index in [4.69, 9.17) is 9.47 Å². The van der Waals surface area contributed by atoms with Crippen molar-refractivity contribution in [3.8, 4) is 17.2 Å². The number of hydrogen-bond acceptors (Lipinski definition) is 4. The minimum Gasteiger partial charge on any atom is -0.497 e. The van der Waals surface area contributed by atoms with Gasteiger partial charge in [0.15, 0.2) is 0 Å². The van der Waals surface area contributed by atoms with Gasteiger partial charge in [-0.2, -0.15) is 0 Å². The SMILES string of the molecule is COc1ccc(Oc2ccc(C(=O)NCCc3cnc[nH]3)cc2)cc1. The smallest absolute Gasteiger partial charge is 0.251 e. The monoisotopic (exact) mass is 337 g/mol. The number of nitrogens with zero attached hydrogens (tertiary/aromatic N) is 1. The highest BCUT2D eigenvalue weighted by Gasteiger charge is 2.06. The normalized spacial score (nSPS) is 10.3. The lowest BCUT2D eigenvalue weighted by Gasteiger charge is -2.08. The van der Waals surface area contributed by atoms with Crippen LogP contribution in [-0.2, 0) is 6.42 Å². The van der Waals surface area contributed by atoms with Gasteiger partial charge in [-0.05, 0) is 48.5 Å². The molecule has 0 spiro atoms. The molecule has 0 saturated heterocycles. The Balaban J connectivity index is 1.52. The standard InChI is InChI=1S/C19H19N3O3/c1-24-16-6-8-18(9-7-16)25-17-4-2-14(3-5-17)19(23)21-11-10-15-12-20-13-22-15/h2-9,12-13H,10-11H2,1H3,(H,20,22)(H,21,23). The van der Waals surface area contributed by atoms with Crippen molar-refractivity contribution in [1.29, 1.82) is 0 Å². The maximum atomic E-state index is 12.1. The minimum atomic E-state index is -0.115. The Labute approximate surface area is 145 Å². The van der Waals surface area contributed by atoms with Gasteiger partial charge in [-0.1, -0.05) is 0 Å². The van der Waals surface area contributed by atoms with Crippen LogP contribution >= 0.6 is 0 Å². The molecule has 0 aliphatic heterocycles. The lowest BCUT2D eigenvalue weighted by molar-refractivity contribution is 0.0954. The molecular weight excluding hydrogens is 318 g/mol. The van der Waals surface area contributed by atoms with Crippen molar-refractivity contribution in [3.63, 3.8) is 0 Å². The largest absolute Gasteiger partial charge is 0.497 e. The molecule has 25 heavy (non-hydrogen) atoms. The zero-order chi connectivity index (χ0) is 17.5. The van der Waals surface area contributed by atoms with E-state index in [2.05, 4.69) is 15.3 Å². The van der Waals surface area contributed by atoms with Crippen molar-refractivity contribution in [2.45, 2.75) is 6.42 Å². The summed E-state index contributed by atoms with van der Waals surface area (Å²) in [7, 11) is 1.62. The summed E-state index contributed by atoms with van der Waals surface area (Å²) in [5.74, 6) is 2.03. The Hall–Kier alpha value is -3.28. The van der Waals surface area contributed by atoms with Crippen LogP contribution in [0.5, 0.6) is 17.2 Å². The van der Waals surface area contributed by atoms with E-state index in [1.54, 1.807) is 43.9 Å². The molecule has 1 aromatic heterocycles. The third-order valence-corrected chi connectivity index (χ3v) is 3.65. The topological polar surface area (TPSA) is 76.2 Å². The van der Waals surface area contributed by atoms with Gasteiger partial charge < -0.3 is 19.8 Å². The molecular formula is C19H19N3O3. The van der Waals surface area contributed by atoms with Crippen LogP contribution in [0.15, 0.2) is 61.1 Å². The molecule has 0 aliphatic carbocycles. The second-order valence-corrected chi connectivity index (χ2v) is 5.38. The van der Waals surface area contributed by atoms with Gasteiger partial charge in [-0.15, -0.1) is 0 Å². The van der Waals surface area contributed by atoms with E-state index >= 15 is 0 Å². The van der Waals surface area contributed by atoms with Gasteiger partial charge >= 0.3 is 0 Å². The third kappa shape index (κ3) is 4.60. The first kappa shape index (κ1) is 16.6. The van der Waals surface area contributed by atoms with E-state index in [0.29, 0.717) is 30.0 Å². The fourth-order valence-corrected chi connectivity index (χ4v) is 2.29. The minimum absolute atomic E-state index is 0.115. The van der Waals surface area contributed by atoms with Crippen LogP contribution in [0.1, 0.15) is 16.1 Å². The number of imidazole rings is 1. The molecule has 2 aromatic carbocycles. The molecule has 6 nitrogen and oxygen atoms in total. The summed E-state index contributed by atoms with van der Waals surface area (Å²) >= 11 is 0. The molecule has 3 rings (SSSR count). The molecule has 0 unspecified atom stereocenters. The van der Waals surface area contributed by atoms with Crippen LogP contribution in [0.4, 0.5) is 0 Å². The van der Waals surface area contributed by atoms with Crippen molar-refractivity contribution < 1.29 is 14.3 Å². The number of methoxy groups -OCH3 is 1. The van der Waals surface area contributed by atoms with Gasteiger partial charge in [0.05, 0.1) is 13.4 Å². The zero-order valence-electron chi connectivity index (χ0n) is 13.9. The maximum Gasteiger partial charge on any atom is 0.251 e. The first-order valence-corrected chi connectivity index (χ1v) is 7.92. The Morgan fingerprint density at radius 3 is 2.28 bits per heavy atom. The number of nitrogens with one attached hydrogen (secondary N) is 2. The lowest BCUT2D eigenvalue weighted by Crippen LogP contribution is -2.25. The average molecular weight is 337 g/mol. The highest BCUT2D eigenvalue weighted by atomic mass is 16.5. The van der Waals surface area contributed by atoms with E-state index in [9.17, 15) is 4.79 Å².